The SMILES string of the molecule is CCCCc1ccc(C(=O)Nc2ccc(N3CCCC3)c(C(=O)NCCOC)c2)cc1. The molecule has 0 aliphatic carbocycles. The van der Waals surface area contributed by atoms with Crippen molar-refractivity contribution >= 4 is 23.2 Å². The van der Waals surface area contributed by atoms with Crippen LogP contribution in [-0.2, 0) is 11.2 Å². The van der Waals surface area contributed by atoms with E-state index in [2.05, 4.69) is 22.5 Å². The molecule has 31 heavy (non-hydrogen) atoms. The molecule has 1 aliphatic heterocycles. The molecule has 166 valence electrons. The largest absolute Gasteiger partial charge is 0.383 e. The van der Waals surface area contributed by atoms with E-state index >= 15 is 0 Å². The first-order chi connectivity index (χ1) is 15.1. The lowest BCUT2D eigenvalue weighted by Crippen LogP contribution is -2.30. The van der Waals surface area contributed by atoms with E-state index in [0.29, 0.717) is 30.0 Å². The topological polar surface area (TPSA) is 70.7 Å². The predicted octanol–water partition coefficient (Wildman–Crippen LogP) is 4.26. The molecule has 2 aromatic carbocycles. The quantitative estimate of drug-likeness (QED) is 0.560. The summed E-state index contributed by atoms with van der Waals surface area (Å²) in [5.41, 5.74) is 3.94. The average molecular weight is 424 g/mol. The van der Waals surface area contributed by atoms with Gasteiger partial charge in [0.1, 0.15) is 0 Å². The zero-order valence-electron chi connectivity index (χ0n) is 18.6. The normalized spacial score (nSPS) is 13.3. The van der Waals surface area contributed by atoms with Crippen molar-refractivity contribution in [3.8, 4) is 0 Å². The van der Waals surface area contributed by atoms with Crippen molar-refractivity contribution in [3.05, 3.63) is 59.2 Å². The predicted molar refractivity (Wildman–Crippen MR) is 125 cm³/mol. The van der Waals surface area contributed by atoms with E-state index in [9.17, 15) is 9.59 Å². The monoisotopic (exact) mass is 423 g/mol. The van der Waals surface area contributed by atoms with Gasteiger partial charge in [-0.25, -0.2) is 0 Å². The molecule has 6 heteroatoms. The highest BCUT2D eigenvalue weighted by Gasteiger charge is 2.20. The molecule has 0 radical (unpaired) electrons. The fourth-order valence-electron chi connectivity index (χ4n) is 3.80. The van der Waals surface area contributed by atoms with Crippen LogP contribution in [0.2, 0.25) is 0 Å². The summed E-state index contributed by atoms with van der Waals surface area (Å²) in [5.74, 6) is -0.336. The number of methoxy groups -OCH3 is 1. The lowest BCUT2D eigenvalue weighted by molar-refractivity contribution is 0.0936. The second-order valence-electron chi connectivity index (χ2n) is 7.93. The van der Waals surface area contributed by atoms with Crippen LogP contribution >= 0.6 is 0 Å². The number of amides is 2. The first-order valence-corrected chi connectivity index (χ1v) is 11.2. The van der Waals surface area contributed by atoms with Crippen LogP contribution in [0.15, 0.2) is 42.5 Å². The number of nitrogens with one attached hydrogen (secondary N) is 2. The average Bonchev–Trinajstić information content (AvgIpc) is 3.33. The van der Waals surface area contributed by atoms with Gasteiger partial charge in [-0.05, 0) is 61.6 Å². The number of hydrogen-bond acceptors (Lipinski definition) is 4. The molecule has 1 saturated heterocycles. The third-order valence-electron chi connectivity index (χ3n) is 5.57. The first kappa shape index (κ1) is 22.8. The number of carbonyl (C=O) groups excluding carboxylic acids is 2. The van der Waals surface area contributed by atoms with Crippen LogP contribution < -0.4 is 15.5 Å². The van der Waals surface area contributed by atoms with Gasteiger partial charge in [0.2, 0.25) is 0 Å². The summed E-state index contributed by atoms with van der Waals surface area (Å²) in [5, 5.41) is 5.83. The van der Waals surface area contributed by atoms with Crippen molar-refractivity contribution in [2.24, 2.45) is 0 Å². The summed E-state index contributed by atoms with van der Waals surface area (Å²) in [6.45, 7) is 4.94. The molecular weight excluding hydrogens is 390 g/mol. The minimum absolute atomic E-state index is 0.157. The van der Waals surface area contributed by atoms with Gasteiger partial charge in [0.25, 0.3) is 11.8 Å². The Labute approximate surface area is 185 Å². The van der Waals surface area contributed by atoms with Crippen LogP contribution in [0.5, 0.6) is 0 Å². The molecule has 2 amide bonds. The Bertz CT molecular complexity index is 874. The molecule has 2 N–H and O–H groups in total. The Hall–Kier alpha value is -2.86. The van der Waals surface area contributed by atoms with Gasteiger partial charge in [-0.1, -0.05) is 25.5 Å². The van der Waals surface area contributed by atoms with Gasteiger partial charge < -0.3 is 20.3 Å². The highest BCUT2D eigenvalue weighted by Crippen LogP contribution is 2.28. The Morgan fingerprint density at radius 2 is 1.77 bits per heavy atom. The minimum atomic E-state index is -0.179. The second kappa shape index (κ2) is 11.5. The van der Waals surface area contributed by atoms with E-state index in [-0.39, 0.29) is 11.8 Å². The molecule has 1 fully saturated rings. The maximum absolute atomic E-state index is 12.8. The summed E-state index contributed by atoms with van der Waals surface area (Å²) in [4.78, 5) is 27.8. The van der Waals surface area contributed by atoms with Crippen molar-refractivity contribution in [2.75, 3.05) is 43.6 Å². The van der Waals surface area contributed by atoms with Crippen molar-refractivity contribution in [1.82, 2.24) is 5.32 Å². The fourth-order valence-corrected chi connectivity index (χ4v) is 3.80. The van der Waals surface area contributed by atoms with E-state index in [0.717, 1.165) is 50.9 Å². The fraction of sp³-hybridized carbons (Fsp3) is 0.440. The molecule has 0 aromatic heterocycles. The molecule has 6 nitrogen and oxygen atoms in total. The maximum atomic E-state index is 12.8. The number of anilines is 2. The summed E-state index contributed by atoms with van der Waals surface area (Å²) in [6, 6.07) is 13.3. The number of ether oxygens (including phenoxy) is 1. The van der Waals surface area contributed by atoms with Crippen LogP contribution in [-0.4, -0.2) is 45.2 Å². The molecule has 0 bridgehead atoms. The summed E-state index contributed by atoms with van der Waals surface area (Å²) in [7, 11) is 1.61. The molecule has 0 atom stereocenters. The van der Waals surface area contributed by atoms with Crippen LogP contribution in [0, 0.1) is 0 Å². The van der Waals surface area contributed by atoms with Gasteiger partial charge in [0.15, 0.2) is 0 Å². The molecule has 1 aliphatic rings. The Morgan fingerprint density at radius 3 is 2.45 bits per heavy atom. The number of unbranched alkanes of at least 4 members (excludes halogenated alkanes) is 1. The highest BCUT2D eigenvalue weighted by molar-refractivity contribution is 6.06. The molecule has 0 saturated carbocycles. The Balaban J connectivity index is 1.75. The number of nitrogens with zero attached hydrogens (tertiary/aromatic N) is 1. The third kappa shape index (κ3) is 6.31. The number of rotatable bonds is 10. The lowest BCUT2D eigenvalue weighted by atomic mass is 10.1. The van der Waals surface area contributed by atoms with E-state index in [1.165, 1.54) is 5.56 Å². The third-order valence-corrected chi connectivity index (χ3v) is 5.57. The maximum Gasteiger partial charge on any atom is 0.255 e. The summed E-state index contributed by atoms with van der Waals surface area (Å²) in [6.07, 6.45) is 5.56. The van der Waals surface area contributed by atoms with E-state index < -0.39 is 0 Å². The minimum Gasteiger partial charge on any atom is -0.383 e. The zero-order valence-corrected chi connectivity index (χ0v) is 18.6. The van der Waals surface area contributed by atoms with Crippen molar-refractivity contribution < 1.29 is 14.3 Å². The highest BCUT2D eigenvalue weighted by atomic mass is 16.5. The van der Waals surface area contributed by atoms with E-state index in [4.69, 9.17) is 4.74 Å². The molecular formula is C25H33N3O3. The number of carbonyl (C=O) groups is 2. The van der Waals surface area contributed by atoms with Gasteiger partial charge in [-0.2, -0.15) is 0 Å². The summed E-state index contributed by atoms with van der Waals surface area (Å²) >= 11 is 0. The number of aryl methyl sites for hydroxylation is 1. The molecule has 0 unspecified atom stereocenters. The van der Waals surface area contributed by atoms with Crippen molar-refractivity contribution in [2.45, 2.75) is 39.0 Å². The molecule has 1 heterocycles. The van der Waals surface area contributed by atoms with Gasteiger partial charge in [0.05, 0.1) is 12.2 Å². The van der Waals surface area contributed by atoms with Crippen LogP contribution in [0.4, 0.5) is 11.4 Å². The Morgan fingerprint density at radius 1 is 1.03 bits per heavy atom. The Kier molecular flexibility index (Phi) is 8.47. The van der Waals surface area contributed by atoms with E-state index in [1.807, 2.05) is 36.4 Å². The van der Waals surface area contributed by atoms with Crippen LogP contribution in [0.25, 0.3) is 0 Å². The van der Waals surface area contributed by atoms with Gasteiger partial charge in [-0.3, -0.25) is 9.59 Å². The smallest absolute Gasteiger partial charge is 0.255 e. The number of benzene rings is 2. The van der Waals surface area contributed by atoms with Gasteiger partial charge >= 0.3 is 0 Å². The first-order valence-electron chi connectivity index (χ1n) is 11.2. The van der Waals surface area contributed by atoms with Gasteiger partial charge in [0, 0.05) is 43.7 Å². The van der Waals surface area contributed by atoms with Crippen LogP contribution in [0.1, 0.15) is 58.9 Å². The van der Waals surface area contributed by atoms with Crippen molar-refractivity contribution in [1.29, 1.82) is 0 Å². The van der Waals surface area contributed by atoms with E-state index in [1.54, 1.807) is 13.2 Å². The summed E-state index contributed by atoms with van der Waals surface area (Å²) < 4.78 is 5.03. The van der Waals surface area contributed by atoms with Gasteiger partial charge in [-0.15, -0.1) is 0 Å². The zero-order chi connectivity index (χ0) is 22.1. The van der Waals surface area contributed by atoms with Crippen LogP contribution in [0.3, 0.4) is 0 Å². The number of hydrogen-bond donors (Lipinski definition) is 2. The molecule has 2 aromatic rings. The molecule has 3 rings (SSSR count). The lowest BCUT2D eigenvalue weighted by Gasteiger charge is -2.22. The second-order valence-corrected chi connectivity index (χ2v) is 7.93. The standard InChI is InChI=1S/C25H33N3O3/c1-3-4-7-19-8-10-20(11-9-19)24(29)27-21-12-13-23(28-15-5-6-16-28)22(18-21)25(30)26-14-17-31-2/h8-13,18H,3-7,14-17H2,1-2H3,(H,26,30)(H,27,29). The molecule has 0 spiro atoms. The van der Waals surface area contributed by atoms with Crippen molar-refractivity contribution in [3.63, 3.8) is 0 Å².